The van der Waals surface area contributed by atoms with Crippen LogP contribution < -0.4 is 5.32 Å². The molecule has 0 aliphatic carbocycles. The molecule has 1 atom stereocenters. The van der Waals surface area contributed by atoms with Gasteiger partial charge < -0.3 is 10.1 Å². The first-order chi connectivity index (χ1) is 14.0. The summed E-state index contributed by atoms with van der Waals surface area (Å²) in [6, 6.07) is 13.4. The van der Waals surface area contributed by atoms with Crippen molar-refractivity contribution in [1.29, 1.82) is 0 Å². The second-order valence-electron chi connectivity index (χ2n) is 6.57. The van der Waals surface area contributed by atoms with Gasteiger partial charge in [0, 0.05) is 16.6 Å². The van der Waals surface area contributed by atoms with Crippen molar-refractivity contribution in [2.75, 3.05) is 11.9 Å². The van der Waals surface area contributed by atoms with E-state index >= 15 is 0 Å². The van der Waals surface area contributed by atoms with E-state index in [9.17, 15) is 14.0 Å². The van der Waals surface area contributed by atoms with Gasteiger partial charge in [-0.15, -0.1) is 11.3 Å². The van der Waals surface area contributed by atoms with Crippen LogP contribution in [0.3, 0.4) is 0 Å². The normalized spacial score (nSPS) is 11.7. The number of nitrogens with one attached hydrogen (secondary N) is 1. The van der Waals surface area contributed by atoms with Crippen molar-refractivity contribution in [2.45, 2.75) is 26.2 Å². The van der Waals surface area contributed by atoms with Gasteiger partial charge in [0.25, 0.3) is 5.91 Å². The molecule has 3 rings (SSSR count). The number of amides is 1. The first-order valence-corrected chi connectivity index (χ1v) is 10.1. The number of aromatic nitrogens is 1. The zero-order valence-corrected chi connectivity index (χ0v) is 17.0. The number of hydrogen-bond donors (Lipinski definition) is 1. The average Bonchev–Trinajstić information content (AvgIpc) is 3.23. The van der Waals surface area contributed by atoms with Gasteiger partial charge in [-0.2, -0.15) is 0 Å². The first kappa shape index (κ1) is 20.7. The van der Waals surface area contributed by atoms with Crippen molar-refractivity contribution in [3.05, 3.63) is 71.0 Å². The molecule has 0 aliphatic heterocycles. The highest BCUT2D eigenvalue weighted by Gasteiger charge is 2.16. The maximum absolute atomic E-state index is 13.0. The fourth-order valence-electron chi connectivity index (χ4n) is 2.74. The van der Waals surface area contributed by atoms with Crippen LogP contribution in [0.25, 0.3) is 10.6 Å². The molecule has 0 radical (unpaired) electrons. The van der Waals surface area contributed by atoms with Gasteiger partial charge in [0.1, 0.15) is 10.8 Å². The van der Waals surface area contributed by atoms with Crippen LogP contribution >= 0.6 is 11.3 Å². The van der Waals surface area contributed by atoms with Crippen LogP contribution in [0.2, 0.25) is 0 Å². The van der Waals surface area contributed by atoms with Gasteiger partial charge in [0.05, 0.1) is 0 Å². The minimum absolute atomic E-state index is 0.113. The number of esters is 1. The fraction of sp³-hybridized carbons (Fsp3) is 0.227. The third-order valence-corrected chi connectivity index (χ3v) is 5.41. The van der Waals surface area contributed by atoms with E-state index in [4.69, 9.17) is 4.74 Å². The zero-order chi connectivity index (χ0) is 20.8. The van der Waals surface area contributed by atoms with Crippen LogP contribution in [0.1, 0.15) is 42.2 Å². The number of halogens is 1. The molecule has 150 valence electrons. The predicted octanol–water partition coefficient (Wildman–Crippen LogP) is 5.26. The van der Waals surface area contributed by atoms with Crippen molar-refractivity contribution in [3.63, 3.8) is 0 Å². The highest BCUT2D eigenvalue weighted by molar-refractivity contribution is 7.13. The predicted molar refractivity (Wildman–Crippen MR) is 112 cm³/mol. The summed E-state index contributed by atoms with van der Waals surface area (Å²) >= 11 is 1.25. The molecule has 5 nitrogen and oxygen atoms in total. The lowest BCUT2D eigenvalue weighted by atomic mass is 9.97. The van der Waals surface area contributed by atoms with E-state index in [0.717, 1.165) is 17.7 Å². The Morgan fingerprint density at radius 1 is 1.17 bits per heavy atom. The molecular formula is C22H21FN2O3S. The summed E-state index contributed by atoms with van der Waals surface area (Å²) in [5.41, 5.74) is 2.57. The van der Waals surface area contributed by atoms with Crippen molar-refractivity contribution in [3.8, 4) is 10.6 Å². The van der Waals surface area contributed by atoms with E-state index < -0.39 is 18.5 Å². The molecule has 0 aliphatic rings. The third kappa shape index (κ3) is 5.26. The number of hydrogen-bond acceptors (Lipinski definition) is 5. The molecular weight excluding hydrogens is 391 g/mol. The van der Waals surface area contributed by atoms with Crippen molar-refractivity contribution in [2.24, 2.45) is 0 Å². The SMILES string of the molecule is CC[C@H](C)c1ccccc1NC(=O)COC(=O)c1csc(-c2ccc(F)cc2)n1. The summed E-state index contributed by atoms with van der Waals surface area (Å²) in [6.45, 7) is 3.77. The zero-order valence-electron chi connectivity index (χ0n) is 16.1. The number of para-hydroxylation sites is 1. The van der Waals surface area contributed by atoms with E-state index in [-0.39, 0.29) is 11.5 Å². The van der Waals surface area contributed by atoms with Gasteiger partial charge in [-0.1, -0.05) is 32.0 Å². The Bertz CT molecular complexity index is 1000. The Labute approximate surface area is 172 Å². The maximum Gasteiger partial charge on any atom is 0.358 e. The number of ether oxygens (including phenoxy) is 1. The Hall–Kier alpha value is -3.06. The van der Waals surface area contributed by atoms with E-state index in [0.29, 0.717) is 16.5 Å². The number of carbonyl (C=O) groups excluding carboxylic acids is 2. The number of rotatable bonds is 7. The molecule has 0 saturated carbocycles. The summed E-state index contributed by atoms with van der Waals surface area (Å²) in [5.74, 6) is -1.14. The molecule has 7 heteroatoms. The fourth-order valence-corrected chi connectivity index (χ4v) is 3.54. The van der Waals surface area contributed by atoms with Crippen LogP contribution in [0.4, 0.5) is 10.1 Å². The van der Waals surface area contributed by atoms with Crippen LogP contribution in [-0.2, 0) is 9.53 Å². The standard InChI is InChI=1S/C22H21FN2O3S/c1-3-14(2)17-6-4-5-7-18(17)24-20(26)12-28-22(27)19-13-29-21(25-19)15-8-10-16(23)11-9-15/h4-11,13-14H,3,12H2,1-2H3,(H,24,26)/t14-/m0/s1. The summed E-state index contributed by atoms with van der Waals surface area (Å²) in [5, 5.41) is 4.93. The molecule has 1 heterocycles. The molecule has 1 aromatic heterocycles. The smallest absolute Gasteiger partial charge is 0.358 e. The Morgan fingerprint density at radius 2 is 1.90 bits per heavy atom. The molecule has 0 unspecified atom stereocenters. The van der Waals surface area contributed by atoms with Crippen LogP contribution in [0.5, 0.6) is 0 Å². The van der Waals surface area contributed by atoms with E-state index in [1.807, 2.05) is 24.3 Å². The summed E-state index contributed by atoms with van der Waals surface area (Å²) in [4.78, 5) is 28.6. The van der Waals surface area contributed by atoms with Crippen LogP contribution in [0.15, 0.2) is 53.9 Å². The largest absolute Gasteiger partial charge is 0.451 e. The van der Waals surface area contributed by atoms with Crippen molar-refractivity contribution < 1.29 is 18.7 Å². The molecule has 0 bridgehead atoms. The van der Waals surface area contributed by atoms with Crippen molar-refractivity contribution >= 4 is 28.9 Å². The van der Waals surface area contributed by atoms with E-state index in [1.54, 1.807) is 17.5 Å². The van der Waals surface area contributed by atoms with Gasteiger partial charge in [-0.05, 0) is 48.2 Å². The average molecular weight is 412 g/mol. The van der Waals surface area contributed by atoms with Gasteiger partial charge in [-0.3, -0.25) is 4.79 Å². The molecule has 0 spiro atoms. The molecule has 29 heavy (non-hydrogen) atoms. The monoisotopic (exact) mass is 412 g/mol. The minimum Gasteiger partial charge on any atom is -0.451 e. The number of nitrogens with zero attached hydrogens (tertiary/aromatic N) is 1. The van der Waals surface area contributed by atoms with Gasteiger partial charge >= 0.3 is 5.97 Å². The van der Waals surface area contributed by atoms with Crippen LogP contribution in [-0.4, -0.2) is 23.5 Å². The number of carbonyl (C=O) groups is 2. The van der Waals surface area contributed by atoms with Crippen LogP contribution in [0, 0.1) is 5.82 Å². The minimum atomic E-state index is -0.681. The molecule has 3 aromatic rings. The van der Waals surface area contributed by atoms with Gasteiger partial charge in [-0.25, -0.2) is 14.2 Å². The second-order valence-corrected chi connectivity index (χ2v) is 7.42. The quantitative estimate of drug-likeness (QED) is 0.538. The Balaban J connectivity index is 1.59. The molecule has 0 saturated heterocycles. The van der Waals surface area contributed by atoms with E-state index in [2.05, 4.69) is 24.1 Å². The third-order valence-electron chi connectivity index (χ3n) is 4.52. The van der Waals surface area contributed by atoms with Gasteiger partial charge in [0.15, 0.2) is 12.3 Å². The number of thiazole rings is 1. The highest BCUT2D eigenvalue weighted by Crippen LogP contribution is 2.27. The molecule has 1 N–H and O–H groups in total. The lowest BCUT2D eigenvalue weighted by molar-refractivity contribution is -0.119. The molecule has 2 aromatic carbocycles. The lowest BCUT2D eigenvalue weighted by Gasteiger charge is -2.15. The van der Waals surface area contributed by atoms with Gasteiger partial charge in [0.2, 0.25) is 0 Å². The number of benzene rings is 2. The summed E-state index contributed by atoms with van der Waals surface area (Å²) in [7, 11) is 0. The highest BCUT2D eigenvalue weighted by atomic mass is 32.1. The lowest BCUT2D eigenvalue weighted by Crippen LogP contribution is -2.22. The Morgan fingerprint density at radius 3 is 2.62 bits per heavy atom. The van der Waals surface area contributed by atoms with Crippen molar-refractivity contribution in [1.82, 2.24) is 4.98 Å². The maximum atomic E-state index is 13.0. The topological polar surface area (TPSA) is 68.3 Å². The Kier molecular flexibility index (Phi) is 6.72. The summed E-state index contributed by atoms with van der Waals surface area (Å²) < 4.78 is 18.1. The van der Waals surface area contributed by atoms with E-state index in [1.165, 1.54) is 23.5 Å². The molecule has 1 amide bonds. The summed E-state index contributed by atoms with van der Waals surface area (Å²) in [6.07, 6.45) is 0.947. The number of anilines is 1. The first-order valence-electron chi connectivity index (χ1n) is 9.25. The second kappa shape index (κ2) is 9.43. The molecule has 0 fully saturated rings.